The van der Waals surface area contributed by atoms with Crippen LogP contribution in [-0.2, 0) is 9.59 Å². The van der Waals surface area contributed by atoms with Crippen LogP contribution in [0, 0.1) is 0 Å². The number of rotatable bonds is 5. The molecule has 0 unspecified atom stereocenters. The molecule has 0 aliphatic carbocycles. The Morgan fingerprint density at radius 3 is 2.43 bits per heavy atom. The molecule has 2 heterocycles. The highest BCUT2D eigenvalue weighted by Gasteiger charge is 2.31. The van der Waals surface area contributed by atoms with E-state index in [4.69, 9.17) is 0 Å². The second-order valence-corrected chi connectivity index (χ2v) is 7.59. The number of nitrogens with zero attached hydrogens (tertiary/aromatic N) is 2. The molecular weight excluding hydrogens is 400 g/mol. The summed E-state index contributed by atoms with van der Waals surface area (Å²) in [5, 5.41) is 7.72. The maximum absolute atomic E-state index is 12.5. The van der Waals surface area contributed by atoms with Crippen LogP contribution in [0.5, 0.6) is 0 Å². The number of fused-ring (bicyclic) bond motifs is 1. The molecule has 0 saturated carbocycles. The monoisotopic (exact) mass is 418 g/mol. The van der Waals surface area contributed by atoms with Crippen LogP contribution in [0.25, 0.3) is 17.0 Å². The van der Waals surface area contributed by atoms with E-state index in [2.05, 4.69) is 22.2 Å². The molecule has 0 radical (unpaired) electrons. The lowest BCUT2D eigenvalue weighted by Crippen LogP contribution is -2.32. The van der Waals surface area contributed by atoms with Crippen LogP contribution < -0.4 is 10.6 Å². The van der Waals surface area contributed by atoms with Crippen molar-refractivity contribution < 1.29 is 14.4 Å². The summed E-state index contributed by atoms with van der Waals surface area (Å²) in [6.07, 6.45) is 0. The van der Waals surface area contributed by atoms with E-state index in [1.165, 1.54) is 23.2 Å². The van der Waals surface area contributed by atoms with Crippen LogP contribution in [0.3, 0.4) is 0 Å². The highest BCUT2D eigenvalue weighted by molar-refractivity contribution is 7.14. The first kappa shape index (κ1) is 19.5. The van der Waals surface area contributed by atoms with Crippen molar-refractivity contribution in [2.75, 3.05) is 17.2 Å². The third-order valence-corrected chi connectivity index (χ3v) is 5.35. The van der Waals surface area contributed by atoms with Crippen LogP contribution >= 0.6 is 11.3 Å². The summed E-state index contributed by atoms with van der Waals surface area (Å²) in [6.45, 7) is 5.26. The molecule has 0 bridgehead atoms. The summed E-state index contributed by atoms with van der Waals surface area (Å²) in [5.74, 6) is -0.715. The van der Waals surface area contributed by atoms with Crippen molar-refractivity contribution in [2.45, 2.75) is 6.92 Å². The van der Waals surface area contributed by atoms with Crippen molar-refractivity contribution in [3.8, 4) is 11.3 Å². The van der Waals surface area contributed by atoms with Gasteiger partial charge in [-0.2, -0.15) is 0 Å². The van der Waals surface area contributed by atoms with Gasteiger partial charge in [-0.25, -0.2) is 4.98 Å². The van der Waals surface area contributed by atoms with Gasteiger partial charge in [0.15, 0.2) is 5.13 Å². The van der Waals surface area contributed by atoms with Crippen molar-refractivity contribution in [3.63, 3.8) is 0 Å². The van der Waals surface area contributed by atoms with E-state index in [9.17, 15) is 14.4 Å². The number of carbonyl (C=O) groups excluding carboxylic acids is 3. The minimum atomic E-state index is -0.348. The number of amides is 3. The number of benzene rings is 2. The molecule has 2 aromatic carbocycles. The zero-order valence-electron chi connectivity index (χ0n) is 16.1. The summed E-state index contributed by atoms with van der Waals surface area (Å²) in [5.41, 5.74) is 4.08. The van der Waals surface area contributed by atoms with Crippen molar-refractivity contribution in [3.05, 3.63) is 71.6 Å². The van der Waals surface area contributed by atoms with Crippen molar-refractivity contribution in [1.29, 1.82) is 0 Å². The minimum Gasteiger partial charge on any atom is -0.326 e. The highest BCUT2D eigenvalue weighted by atomic mass is 32.1. The second kappa shape index (κ2) is 7.92. The largest absolute Gasteiger partial charge is 0.326 e. The predicted molar refractivity (Wildman–Crippen MR) is 117 cm³/mol. The van der Waals surface area contributed by atoms with Crippen molar-refractivity contribution in [1.82, 2.24) is 9.88 Å². The predicted octanol–water partition coefficient (Wildman–Crippen LogP) is 3.83. The Bertz CT molecular complexity index is 1130. The van der Waals surface area contributed by atoms with Crippen LogP contribution in [0.15, 0.2) is 60.5 Å². The summed E-state index contributed by atoms with van der Waals surface area (Å²) < 4.78 is 0. The fraction of sp³-hybridized carbons (Fsp3) is 0.0909. The maximum Gasteiger partial charge on any atom is 0.259 e. The van der Waals surface area contributed by atoms with Gasteiger partial charge in [-0.1, -0.05) is 36.9 Å². The molecule has 150 valence electrons. The number of thiazole rings is 1. The summed E-state index contributed by atoms with van der Waals surface area (Å²) >= 11 is 1.30. The SMILES string of the molecule is C=C1c2ccccc2C(=O)N1CC(=O)Nc1nc(-c2ccc(NC(C)=O)cc2)cs1. The highest BCUT2D eigenvalue weighted by Crippen LogP contribution is 2.31. The molecule has 0 fully saturated rings. The molecule has 2 N–H and O–H groups in total. The Hall–Kier alpha value is -3.78. The molecule has 0 spiro atoms. The van der Waals surface area contributed by atoms with E-state index in [1.54, 1.807) is 24.3 Å². The maximum atomic E-state index is 12.5. The zero-order valence-corrected chi connectivity index (χ0v) is 17.0. The second-order valence-electron chi connectivity index (χ2n) is 6.73. The van der Waals surface area contributed by atoms with Gasteiger partial charge in [0.25, 0.3) is 5.91 Å². The summed E-state index contributed by atoms with van der Waals surface area (Å²) in [7, 11) is 0. The first-order valence-electron chi connectivity index (χ1n) is 9.16. The fourth-order valence-electron chi connectivity index (χ4n) is 3.20. The smallest absolute Gasteiger partial charge is 0.259 e. The van der Waals surface area contributed by atoms with E-state index in [1.807, 2.05) is 29.6 Å². The van der Waals surface area contributed by atoms with E-state index >= 15 is 0 Å². The lowest BCUT2D eigenvalue weighted by molar-refractivity contribution is -0.116. The molecule has 7 nitrogen and oxygen atoms in total. The Morgan fingerprint density at radius 2 is 1.77 bits per heavy atom. The quantitative estimate of drug-likeness (QED) is 0.659. The molecule has 0 saturated heterocycles. The number of nitrogens with one attached hydrogen (secondary N) is 2. The van der Waals surface area contributed by atoms with Crippen LogP contribution in [0.2, 0.25) is 0 Å². The number of hydrogen-bond donors (Lipinski definition) is 2. The number of hydrogen-bond acceptors (Lipinski definition) is 5. The van der Waals surface area contributed by atoms with Gasteiger partial charge in [-0.05, 0) is 18.2 Å². The van der Waals surface area contributed by atoms with Gasteiger partial charge in [0.05, 0.1) is 5.69 Å². The normalized spacial score (nSPS) is 12.6. The van der Waals surface area contributed by atoms with E-state index in [-0.39, 0.29) is 24.3 Å². The average Bonchev–Trinajstić information content (AvgIpc) is 3.27. The van der Waals surface area contributed by atoms with Gasteiger partial charge in [0.2, 0.25) is 11.8 Å². The third-order valence-electron chi connectivity index (χ3n) is 4.59. The van der Waals surface area contributed by atoms with Crippen molar-refractivity contribution >= 4 is 45.6 Å². The van der Waals surface area contributed by atoms with Crippen LogP contribution in [0.4, 0.5) is 10.8 Å². The molecule has 3 aromatic rings. The van der Waals surface area contributed by atoms with E-state index in [0.717, 1.165) is 11.1 Å². The van der Waals surface area contributed by atoms with Gasteiger partial charge in [-0.15, -0.1) is 11.3 Å². The standard InChI is InChI=1S/C22H18N4O3S/c1-13-17-5-3-4-6-18(17)21(29)26(13)11-20(28)25-22-24-19(12-30-22)15-7-9-16(10-8-15)23-14(2)27/h3-10,12H,1,11H2,2H3,(H,23,27)(H,24,25,28). The number of aromatic nitrogens is 1. The van der Waals surface area contributed by atoms with Crippen molar-refractivity contribution in [2.24, 2.45) is 0 Å². The molecule has 0 atom stereocenters. The summed E-state index contributed by atoms with van der Waals surface area (Å²) in [4.78, 5) is 41.9. The topological polar surface area (TPSA) is 91.4 Å². The molecule has 1 aliphatic rings. The fourth-order valence-corrected chi connectivity index (χ4v) is 3.93. The Balaban J connectivity index is 1.41. The molecule has 30 heavy (non-hydrogen) atoms. The van der Waals surface area contributed by atoms with Gasteiger partial charge in [0, 0.05) is 40.4 Å². The third kappa shape index (κ3) is 3.85. The van der Waals surface area contributed by atoms with Gasteiger partial charge < -0.3 is 10.6 Å². The Labute approximate surface area is 177 Å². The van der Waals surface area contributed by atoms with Crippen LogP contribution in [0.1, 0.15) is 22.8 Å². The molecule has 1 aromatic heterocycles. The number of anilines is 2. The molecular formula is C22H18N4O3S. The average molecular weight is 418 g/mol. The Kier molecular flexibility index (Phi) is 5.16. The minimum absolute atomic E-state index is 0.132. The van der Waals surface area contributed by atoms with Gasteiger partial charge >= 0.3 is 0 Å². The molecule has 3 amide bonds. The molecule has 8 heteroatoms. The number of carbonyl (C=O) groups is 3. The first-order valence-corrected chi connectivity index (χ1v) is 10.0. The lowest BCUT2D eigenvalue weighted by Gasteiger charge is -2.16. The van der Waals surface area contributed by atoms with Gasteiger partial charge in [0.1, 0.15) is 6.54 Å². The summed E-state index contributed by atoms with van der Waals surface area (Å²) in [6, 6.07) is 14.4. The van der Waals surface area contributed by atoms with Crippen LogP contribution in [-0.4, -0.2) is 34.2 Å². The van der Waals surface area contributed by atoms with E-state index < -0.39 is 0 Å². The lowest BCUT2D eigenvalue weighted by atomic mass is 10.1. The Morgan fingerprint density at radius 1 is 1.07 bits per heavy atom. The van der Waals surface area contributed by atoms with E-state index in [0.29, 0.717) is 27.8 Å². The first-order chi connectivity index (χ1) is 14.4. The molecule has 4 rings (SSSR count). The molecule has 1 aliphatic heterocycles. The zero-order chi connectivity index (χ0) is 21.3. The van der Waals surface area contributed by atoms with Gasteiger partial charge in [-0.3, -0.25) is 19.3 Å².